The van der Waals surface area contributed by atoms with Crippen LogP contribution in [0.4, 0.5) is 0 Å². The van der Waals surface area contributed by atoms with Gasteiger partial charge in [-0.05, 0) is 72.5 Å². The molecule has 0 saturated heterocycles. The van der Waals surface area contributed by atoms with Crippen LogP contribution < -0.4 is 58.4 Å². The Morgan fingerprint density at radius 1 is 0.627 bits per heavy atom. The first kappa shape index (κ1) is 62.5. The van der Waals surface area contributed by atoms with Crippen LogP contribution in [-0.2, 0) is 8.85 Å². The molecule has 0 spiro atoms. The van der Waals surface area contributed by atoms with Crippen molar-refractivity contribution in [2.75, 3.05) is 0 Å². The number of carbonyl (C=O) groups excluding carboxylic acids is 1. The van der Waals surface area contributed by atoms with Gasteiger partial charge in [0.15, 0.2) is 0 Å². The quantitative estimate of drug-likeness (QED) is 0.0662. The summed E-state index contributed by atoms with van der Waals surface area (Å²) in [5.41, 5.74) is 5.62. The van der Waals surface area contributed by atoms with Crippen molar-refractivity contribution < 1.29 is 61.6 Å². The van der Waals surface area contributed by atoms with Crippen molar-refractivity contribution in [3.05, 3.63) is 161 Å². The second-order valence-electron chi connectivity index (χ2n) is 18.6. The van der Waals surface area contributed by atoms with Crippen molar-refractivity contribution in [1.82, 2.24) is 0 Å². The van der Waals surface area contributed by atoms with Gasteiger partial charge in [0.2, 0.25) is 16.6 Å². The van der Waals surface area contributed by atoms with Crippen LogP contribution >= 0.6 is 0 Å². The van der Waals surface area contributed by atoms with Crippen LogP contribution in [0.1, 0.15) is 162 Å². The summed E-state index contributed by atoms with van der Waals surface area (Å²) in [4.78, 5) is 10.0. The molecule has 4 unspecified atom stereocenters. The minimum atomic E-state index is -1.57. The number of carbonyl (C=O) groups is 1. The number of benzene rings is 5. The second-order valence-corrected chi connectivity index (χ2v) is 29.1. The molecule has 4 atom stereocenters. The summed E-state index contributed by atoms with van der Waals surface area (Å²) in [6, 6.07) is 45.4. The molecule has 5 nitrogen and oxygen atoms in total. The molecule has 67 heavy (non-hydrogen) atoms. The largest absolute Gasteiger partial charge is 1.00 e. The van der Waals surface area contributed by atoms with Gasteiger partial charge in [-0.3, -0.25) is 4.79 Å². The third kappa shape index (κ3) is 21.1. The summed E-state index contributed by atoms with van der Waals surface area (Å²) >= 11 is 0. The Balaban J connectivity index is 0.000000421. The molecule has 5 aromatic rings. The molecule has 0 saturated carbocycles. The SMILES string of the molecule is CCCCC(O)c1ccccc1[SiH](C)C.CCCCC([O-])c1[c-]cccc1.CCCCC1O[Si](C)(C)c2ccccc21.CCCCC1O[Si](C)(C)c2ccccc21.O=Cc1ccccc1.[Li+].[Li+]. The average Bonchev–Trinajstić information content (AvgIpc) is 3.76. The molecular weight excluding hydrogens is 863 g/mol. The summed E-state index contributed by atoms with van der Waals surface area (Å²) in [5, 5.41) is 26.0. The van der Waals surface area contributed by atoms with Gasteiger partial charge in [-0.15, -0.1) is 6.10 Å². The fourth-order valence-corrected chi connectivity index (χ4v) is 14.9. The number of aliphatic hydroxyl groups is 1. The summed E-state index contributed by atoms with van der Waals surface area (Å²) in [6.45, 7) is 22.6. The van der Waals surface area contributed by atoms with E-state index >= 15 is 0 Å². The number of hydrogen-bond acceptors (Lipinski definition) is 5. The zero-order chi connectivity index (χ0) is 47.7. The molecule has 7 rings (SSSR count). The molecular formula is C57H82Li2O5Si3. The van der Waals surface area contributed by atoms with Crippen LogP contribution in [0.25, 0.3) is 0 Å². The van der Waals surface area contributed by atoms with Crippen molar-refractivity contribution in [3.63, 3.8) is 0 Å². The van der Waals surface area contributed by atoms with Gasteiger partial charge in [-0.25, -0.2) is 0 Å². The fraction of sp³-hybridized carbons (Fsp3) is 0.456. The van der Waals surface area contributed by atoms with E-state index in [9.17, 15) is 15.0 Å². The van der Waals surface area contributed by atoms with E-state index in [1.165, 1.54) is 70.8 Å². The van der Waals surface area contributed by atoms with E-state index in [-0.39, 0.29) is 43.8 Å². The average molecular weight is 945 g/mol. The van der Waals surface area contributed by atoms with Gasteiger partial charge in [0.1, 0.15) is 6.29 Å². The van der Waals surface area contributed by atoms with Gasteiger partial charge < -0.3 is 19.1 Å². The Morgan fingerprint density at radius 2 is 1.07 bits per heavy atom. The topological polar surface area (TPSA) is 78.8 Å². The molecule has 0 aromatic heterocycles. The Kier molecular flexibility index (Phi) is 31.6. The summed E-state index contributed by atoms with van der Waals surface area (Å²) in [6.07, 6.45) is 14.2. The number of unbranched alkanes of at least 4 members (excludes halogenated alkanes) is 4. The van der Waals surface area contributed by atoms with Gasteiger partial charge in [0.25, 0.3) is 0 Å². The molecule has 354 valence electrons. The van der Waals surface area contributed by atoms with Crippen molar-refractivity contribution in [2.24, 2.45) is 0 Å². The smallest absolute Gasteiger partial charge is 0.850 e. The van der Waals surface area contributed by atoms with Gasteiger partial charge in [-0.2, -0.15) is 35.9 Å². The maximum Gasteiger partial charge on any atom is 1.00 e. The summed E-state index contributed by atoms with van der Waals surface area (Å²) < 4.78 is 12.5. The molecule has 1 N–H and O–H groups in total. The maximum absolute atomic E-state index is 11.5. The molecule has 0 aliphatic carbocycles. The van der Waals surface area contributed by atoms with Crippen LogP contribution in [0.15, 0.2) is 127 Å². The van der Waals surface area contributed by atoms with Gasteiger partial charge >= 0.3 is 37.7 Å². The molecule has 0 fully saturated rings. The van der Waals surface area contributed by atoms with Crippen LogP contribution in [0, 0.1) is 6.07 Å². The van der Waals surface area contributed by atoms with Gasteiger partial charge in [0.05, 0.1) is 27.1 Å². The molecule has 2 aliphatic heterocycles. The van der Waals surface area contributed by atoms with E-state index in [0.29, 0.717) is 12.2 Å². The Morgan fingerprint density at radius 3 is 1.52 bits per heavy atom. The molecule has 0 bridgehead atoms. The monoisotopic (exact) mass is 945 g/mol. The normalized spacial score (nSPS) is 16.4. The zero-order valence-electron chi connectivity index (χ0n) is 43.7. The standard InChI is InChI=1S/2C13H20OSi.C13H22OSi.C11H14O.C7H6O.2Li/c2*1-4-5-9-12-11-8-6-7-10-13(11)15(2,3)14-12;1-4-5-9-12(14)11-8-6-7-10-13(11)15(2)3;1-2-3-9-11(12)10-7-5-4-6-8-10;8-6-7-4-2-1-3-5-7;;/h2*6-8,10,12H,4-5,9H2,1-3H3;6-8,10,12,14-15H,4-5,9H2,1-3H3;4-7,11H,2-3,9H2,1H3;1-6H;;/q;;;-2;;2*+1. The van der Waals surface area contributed by atoms with E-state index in [2.05, 4.69) is 140 Å². The predicted molar refractivity (Wildman–Crippen MR) is 283 cm³/mol. The van der Waals surface area contributed by atoms with E-state index in [0.717, 1.165) is 55.9 Å². The first-order valence-corrected chi connectivity index (χ1v) is 33.4. The number of aliphatic hydroxyl groups excluding tert-OH is 1. The molecule has 0 radical (unpaired) electrons. The molecule has 5 aromatic carbocycles. The van der Waals surface area contributed by atoms with Crippen molar-refractivity contribution in [3.8, 4) is 0 Å². The molecule has 0 amide bonds. The first-order valence-electron chi connectivity index (χ1n) is 24.7. The Hall–Kier alpha value is -2.54. The fourth-order valence-electron chi connectivity index (χ4n) is 8.40. The Bertz CT molecular complexity index is 1970. The van der Waals surface area contributed by atoms with E-state index in [1.54, 1.807) is 18.2 Å². The number of fused-ring (bicyclic) bond motifs is 2. The minimum absolute atomic E-state index is 0. The first-order chi connectivity index (χ1) is 31.2. The third-order valence-electron chi connectivity index (χ3n) is 12.1. The van der Waals surface area contributed by atoms with Crippen LogP contribution in [0.5, 0.6) is 0 Å². The van der Waals surface area contributed by atoms with Crippen molar-refractivity contribution in [1.29, 1.82) is 0 Å². The number of aldehydes is 1. The van der Waals surface area contributed by atoms with Crippen LogP contribution in [0.3, 0.4) is 0 Å². The summed E-state index contributed by atoms with van der Waals surface area (Å²) in [7, 11) is -3.97. The molecule has 10 heteroatoms. The van der Waals surface area contributed by atoms with E-state index in [4.69, 9.17) is 8.85 Å². The van der Waals surface area contributed by atoms with Crippen molar-refractivity contribution >= 4 is 47.3 Å². The van der Waals surface area contributed by atoms with Gasteiger partial charge in [-0.1, -0.05) is 207 Å². The molecule has 2 heterocycles. The number of hydrogen-bond donors (Lipinski definition) is 1. The second kappa shape index (κ2) is 33.9. The maximum atomic E-state index is 11.5. The predicted octanol–water partition coefficient (Wildman–Crippen LogP) is 6.91. The number of rotatable bonds is 16. The molecule has 2 aliphatic rings. The third-order valence-corrected chi connectivity index (χ3v) is 19.1. The van der Waals surface area contributed by atoms with E-state index in [1.807, 2.05) is 42.5 Å². The van der Waals surface area contributed by atoms with Gasteiger partial charge in [0, 0.05) is 5.56 Å². The zero-order valence-corrected chi connectivity index (χ0v) is 46.8. The van der Waals surface area contributed by atoms with Crippen LogP contribution in [0.2, 0.25) is 39.3 Å². The Labute approximate surface area is 435 Å². The van der Waals surface area contributed by atoms with Crippen molar-refractivity contribution in [2.45, 2.75) is 168 Å². The minimum Gasteiger partial charge on any atom is -0.850 e. The van der Waals surface area contributed by atoms with Crippen LogP contribution in [-0.4, -0.2) is 36.8 Å². The summed E-state index contributed by atoms with van der Waals surface area (Å²) in [5.74, 6) is 0. The van der Waals surface area contributed by atoms with E-state index < -0.39 is 31.5 Å².